The number of ether oxygens (including phenoxy) is 1. The second kappa shape index (κ2) is 12.1. The van der Waals surface area contributed by atoms with Crippen LogP contribution in [0.4, 0.5) is 26.3 Å². The fourth-order valence-corrected chi connectivity index (χ4v) is 5.65. The number of nitrogens with zero attached hydrogens (tertiary/aromatic N) is 3. The van der Waals surface area contributed by atoms with Crippen LogP contribution in [0.3, 0.4) is 0 Å². The molecule has 0 bridgehead atoms. The molecule has 3 atom stereocenters. The van der Waals surface area contributed by atoms with Crippen LogP contribution in [0, 0.1) is 6.92 Å². The van der Waals surface area contributed by atoms with E-state index in [1.807, 2.05) is 13.8 Å². The number of aryl methyl sites for hydroxylation is 1. The molecule has 0 aromatic heterocycles. The topological polar surface area (TPSA) is 36.0 Å². The lowest BCUT2D eigenvalue weighted by molar-refractivity contribution is -0.138. The molecule has 0 spiro atoms. The van der Waals surface area contributed by atoms with Crippen molar-refractivity contribution in [2.75, 3.05) is 45.8 Å². The lowest BCUT2D eigenvalue weighted by Crippen LogP contribution is -2.57. The number of hydrogen-bond acceptors (Lipinski definition) is 4. The molecule has 2 fully saturated rings. The summed E-state index contributed by atoms with van der Waals surface area (Å²) in [5.74, 6) is -0.512. The van der Waals surface area contributed by atoms with Crippen LogP contribution in [0.2, 0.25) is 0 Å². The summed E-state index contributed by atoms with van der Waals surface area (Å²) < 4.78 is 85.4. The fourth-order valence-electron chi connectivity index (χ4n) is 5.65. The predicted octanol–water partition coefficient (Wildman–Crippen LogP) is 5.51. The molecule has 2 aromatic carbocycles. The summed E-state index contributed by atoms with van der Waals surface area (Å²) in [4.78, 5) is 19.7. The Morgan fingerprint density at radius 2 is 1.43 bits per heavy atom. The molecule has 1 amide bonds. The van der Waals surface area contributed by atoms with E-state index in [9.17, 15) is 31.1 Å². The zero-order valence-corrected chi connectivity index (χ0v) is 22.9. The van der Waals surface area contributed by atoms with E-state index >= 15 is 0 Å². The van der Waals surface area contributed by atoms with Crippen molar-refractivity contribution < 1.29 is 35.9 Å². The number of carbonyl (C=O) groups is 1. The standard InChI is InChI=1S/C29H35F6N3O2/c1-19-12-23(15-25(13-19)29(33,34)35)27(39)38-11-10-36(8-9-37-16-20(2)40-21(3)17-37)18-26(38)14-22-4-6-24(7-5-22)28(30,31)32/h4-7,12-13,15,20-21,26H,8-11,14,16-18H2,1-3H3/t20?,21?,26-/m1/s1. The van der Waals surface area contributed by atoms with Gasteiger partial charge in [-0.25, -0.2) is 0 Å². The van der Waals surface area contributed by atoms with Gasteiger partial charge in [-0.05, 0) is 68.7 Å². The Morgan fingerprint density at radius 3 is 2.02 bits per heavy atom. The normalized spacial score (nSPS) is 23.4. The number of piperazine rings is 1. The first-order valence-electron chi connectivity index (χ1n) is 13.4. The Hall–Kier alpha value is -2.63. The van der Waals surface area contributed by atoms with Gasteiger partial charge in [-0.15, -0.1) is 0 Å². The van der Waals surface area contributed by atoms with Gasteiger partial charge in [0.25, 0.3) is 5.91 Å². The molecule has 2 aliphatic rings. The molecule has 0 aliphatic carbocycles. The Morgan fingerprint density at radius 1 is 0.825 bits per heavy atom. The predicted molar refractivity (Wildman–Crippen MR) is 139 cm³/mol. The maximum atomic E-state index is 13.6. The quantitative estimate of drug-likeness (QED) is 0.429. The highest BCUT2D eigenvalue weighted by Gasteiger charge is 2.35. The molecular weight excluding hydrogens is 536 g/mol. The molecule has 2 saturated heterocycles. The monoisotopic (exact) mass is 571 g/mol. The number of halogens is 6. The van der Waals surface area contributed by atoms with E-state index in [1.54, 1.807) is 4.90 Å². The Kier molecular flexibility index (Phi) is 9.16. The SMILES string of the molecule is Cc1cc(C(=O)N2CCN(CCN3CC(C)OC(C)C3)C[C@H]2Cc2ccc(C(F)(F)F)cc2)cc(C(F)(F)F)c1. The van der Waals surface area contributed by atoms with Crippen molar-refractivity contribution in [2.45, 2.75) is 57.8 Å². The third kappa shape index (κ3) is 7.76. The lowest BCUT2D eigenvalue weighted by Gasteiger charge is -2.43. The number of hydrogen-bond donors (Lipinski definition) is 0. The van der Waals surface area contributed by atoms with E-state index < -0.39 is 35.4 Å². The van der Waals surface area contributed by atoms with E-state index in [4.69, 9.17) is 4.74 Å². The van der Waals surface area contributed by atoms with Gasteiger partial charge in [0.1, 0.15) is 0 Å². The molecule has 0 N–H and O–H groups in total. The first-order chi connectivity index (χ1) is 18.7. The van der Waals surface area contributed by atoms with Crippen molar-refractivity contribution in [3.63, 3.8) is 0 Å². The van der Waals surface area contributed by atoms with Gasteiger partial charge in [-0.2, -0.15) is 26.3 Å². The van der Waals surface area contributed by atoms with E-state index in [2.05, 4.69) is 9.80 Å². The van der Waals surface area contributed by atoms with Gasteiger partial charge in [-0.3, -0.25) is 14.6 Å². The van der Waals surface area contributed by atoms with Gasteiger partial charge in [0.2, 0.25) is 0 Å². The van der Waals surface area contributed by atoms with Gasteiger partial charge in [0, 0.05) is 57.4 Å². The van der Waals surface area contributed by atoms with Crippen LogP contribution in [0.15, 0.2) is 42.5 Å². The van der Waals surface area contributed by atoms with Crippen molar-refractivity contribution >= 4 is 5.91 Å². The Balaban J connectivity index is 1.53. The van der Waals surface area contributed by atoms with E-state index in [0.29, 0.717) is 30.8 Å². The third-order valence-corrected chi connectivity index (χ3v) is 7.46. The number of benzene rings is 2. The van der Waals surface area contributed by atoms with Crippen molar-refractivity contribution in [3.05, 3.63) is 70.3 Å². The van der Waals surface area contributed by atoms with Gasteiger partial charge in [0.15, 0.2) is 0 Å². The summed E-state index contributed by atoms with van der Waals surface area (Å²) in [5, 5.41) is 0. The number of rotatable bonds is 6. The molecule has 0 saturated carbocycles. The number of carbonyl (C=O) groups excluding carboxylic acids is 1. The first-order valence-corrected chi connectivity index (χ1v) is 13.4. The minimum absolute atomic E-state index is 0.0468. The summed E-state index contributed by atoms with van der Waals surface area (Å²) in [7, 11) is 0. The summed E-state index contributed by atoms with van der Waals surface area (Å²) in [6.45, 7) is 10.0. The molecule has 2 aliphatic heterocycles. The molecule has 0 radical (unpaired) electrons. The average Bonchev–Trinajstić information content (AvgIpc) is 2.85. The molecule has 5 nitrogen and oxygen atoms in total. The fraction of sp³-hybridized carbons (Fsp3) is 0.552. The van der Waals surface area contributed by atoms with E-state index in [0.717, 1.165) is 50.4 Å². The summed E-state index contributed by atoms with van der Waals surface area (Å²) in [6, 6.07) is 7.72. The minimum atomic E-state index is -4.59. The van der Waals surface area contributed by atoms with Crippen LogP contribution in [0.25, 0.3) is 0 Å². The van der Waals surface area contributed by atoms with Gasteiger partial charge >= 0.3 is 12.4 Å². The smallest absolute Gasteiger partial charge is 0.373 e. The molecule has 2 unspecified atom stereocenters. The zero-order valence-electron chi connectivity index (χ0n) is 22.9. The largest absolute Gasteiger partial charge is 0.416 e. The van der Waals surface area contributed by atoms with Gasteiger partial charge in [-0.1, -0.05) is 12.1 Å². The Bertz CT molecular complexity index is 1160. The maximum Gasteiger partial charge on any atom is 0.416 e. The molecule has 11 heteroatoms. The van der Waals surface area contributed by atoms with E-state index in [-0.39, 0.29) is 24.2 Å². The van der Waals surface area contributed by atoms with E-state index in [1.165, 1.54) is 25.1 Å². The zero-order chi connectivity index (χ0) is 29.2. The first kappa shape index (κ1) is 30.3. The average molecular weight is 572 g/mol. The van der Waals surface area contributed by atoms with Crippen molar-refractivity contribution in [1.29, 1.82) is 0 Å². The molecule has 40 heavy (non-hydrogen) atoms. The van der Waals surface area contributed by atoms with Crippen LogP contribution in [0.5, 0.6) is 0 Å². The highest BCUT2D eigenvalue weighted by molar-refractivity contribution is 5.95. The van der Waals surface area contributed by atoms with Crippen LogP contribution < -0.4 is 0 Å². The molecule has 2 heterocycles. The van der Waals surface area contributed by atoms with Crippen LogP contribution in [-0.2, 0) is 23.5 Å². The lowest BCUT2D eigenvalue weighted by atomic mass is 9.98. The molecular formula is C29H35F6N3O2. The van der Waals surface area contributed by atoms with Crippen LogP contribution in [0.1, 0.15) is 46.5 Å². The number of amides is 1. The highest BCUT2D eigenvalue weighted by Crippen LogP contribution is 2.32. The van der Waals surface area contributed by atoms with Crippen molar-refractivity contribution in [1.82, 2.24) is 14.7 Å². The maximum absolute atomic E-state index is 13.6. The summed E-state index contributed by atoms with van der Waals surface area (Å²) in [5.41, 5.74) is -0.751. The van der Waals surface area contributed by atoms with Crippen molar-refractivity contribution in [2.24, 2.45) is 0 Å². The third-order valence-electron chi connectivity index (χ3n) is 7.46. The highest BCUT2D eigenvalue weighted by atomic mass is 19.4. The number of morpholine rings is 1. The van der Waals surface area contributed by atoms with Gasteiger partial charge in [0.05, 0.1) is 23.3 Å². The summed E-state index contributed by atoms with van der Waals surface area (Å²) >= 11 is 0. The van der Waals surface area contributed by atoms with Crippen molar-refractivity contribution in [3.8, 4) is 0 Å². The molecule has 2 aromatic rings. The second-order valence-electron chi connectivity index (χ2n) is 11.0. The molecule has 4 rings (SSSR count). The number of alkyl halides is 6. The second-order valence-corrected chi connectivity index (χ2v) is 11.0. The van der Waals surface area contributed by atoms with Crippen LogP contribution in [-0.4, -0.2) is 84.7 Å². The summed E-state index contributed by atoms with van der Waals surface area (Å²) in [6.07, 6.45) is -8.52. The van der Waals surface area contributed by atoms with Crippen LogP contribution >= 0.6 is 0 Å². The minimum Gasteiger partial charge on any atom is -0.373 e. The Labute approximate surface area is 230 Å². The van der Waals surface area contributed by atoms with Gasteiger partial charge < -0.3 is 9.64 Å². The molecule has 220 valence electrons.